The second-order valence-corrected chi connectivity index (χ2v) is 10.8. The number of benzene rings is 2. The summed E-state index contributed by atoms with van der Waals surface area (Å²) >= 11 is 0. The Balaban J connectivity index is 1.47. The van der Waals surface area contributed by atoms with Crippen LogP contribution in [0.5, 0.6) is 0 Å². The molecule has 2 aromatic rings. The summed E-state index contributed by atoms with van der Waals surface area (Å²) in [5.41, 5.74) is 2.34. The van der Waals surface area contributed by atoms with Crippen LogP contribution in [0.25, 0.3) is 11.1 Å². The van der Waals surface area contributed by atoms with Gasteiger partial charge in [-0.05, 0) is 42.9 Å². The van der Waals surface area contributed by atoms with Crippen LogP contribution in [-0.4, -0.2) is 67.7 Å². The Morgan fingerprint density at radius 1 is 1.09 bits per heavy atom. The number of carbonyl (C=O) groups excluding carboxylic acids is 1. The van der Waals surface area contributed by atoms with Gasteiger partial charge in [-0.1, -0.05) is 55.5 Å². The van der Waals surface area contributed by atoms with E-state index in [1.165, 1.54) is 6.26 Å². The lowest BCUT2D eigenvalue weighted by atomic mass is 9.82. The first-order valence-electron chi connectivity index (χ1n) is 11.4. The van der Waals surface area contributed by atoms with E-state index >= 15 is 0 Å². The lowest BCUT2D eigenvalue weighted by Crippen LogP contribution is -2.55. The molecule has 2 fully saturated rings. The van der Waals surface area contributed by atoms with Crippen molar-refractivity contribution in [3.63, 3.8) is 0 Å². The van der Waals surface area contributed by atoms with Crippen molar-refractivity contribution < 1.29 is 17.9 Å². The van der Waals surface area contributed by atoms with E-state index in [0.717, 1.165) is 30.4 Å². The lowest BCUT2D eigenvalue weighted by molar-refractivity contribution is -0.122. The maximum atomic E-state index is 13.4. The number of rotatable bonds is 5. The summed E-state index contributed by atoms with van der Waals surface area (Å²) in [7, 11) is -3.25. The molecule has 0 N–H and O–H groups in total. The van der Waals surface area contributed by atoms with Crippen molar-refractivity contribution in [1.82, 2.24) is 9.21 Å². The first kappa shape index (κ1) is 23.0. The van der Waals surface area contributed by atoms with Gasteiger partial charge >= 0.3 is 0 Å². The SMILES string of the molecule is CCN([C@H]1CCOC2(CCN(C(=O)c3ccccc3-c3ccccc3)CC2)C1)S(C)(=O)=O. The maximum Gasteiger partial charge on any atom is 0.254 e. The normalized spacial score (nSPS) is 21.1. The topological polar surface area (TPSA) is 66.9 Å². The first-order valence-corrected chi connectivity index (χ1v) is 13.2. The maximum absolute atomic E-state index is 13.4. The third kappa shape index (κ3) is 4.75. The number of sulfonamides is 1. The molecule has 4 rings (SSSR count). The van der Waals surface area contributed by atoms with Crippen LogP contribution in [-0.2, 0) is 14.8 Å². The molecule has 1 amide bonds. The number of amides is 1. The molecule has 0 radical (unpaired) electrons. The third-order valence-corrected chi connectivity index (χ3v) is 8.22. The van der Waals surface area contributed by atoms with Crippen molar-refractivity contribution >= 4 is 15.9 Å². The average molecular weight is 457 g/mol. The summed E-state index contributed by atoms with van der Waals surface area (Å²) in [5, 5.41) is 0. The van der Waals surface area contributed by atoms with Gasteiger partial charge in [-0.2, -0.15) is 4.31 Å². The highest BCUT2D eigenvalue weighted by atomic mass is 32.2. The number of likely N-dealkylation sites (tertiary alicyclic amines) is 1. The van der Waals surface area contributed by atoms with Crippen LogP contribution >= 0.6 is 0 Å². The highest BCUT2D eigenvalue weighted by molar-refractivity contribution is 7.88. The van der Waals surface area contributed by atoms with Crippen LogP contribution < -0.4 is 0 Å². The number of hydrogen-bond donors (Lipinski definition) is 0. The lowest BCUT2D eigenvalue weighted by Gasteiger charge is -2.47. The molecule has 2 saturated heterocycles. The smallest absolute Gasteiger partial charge is 0.254 e. The Hall–Kier alpha value is -2.22. The van der Waals surface area contributed by atoms with Crippen LogP contribution in [0, 0.1) is 0 Å². The molecule has 1 spiro atoms. The van der Waals surface area contributed by atoms with Crippen molar-refractivity contribution in [2.45, 2.75) is 44.2 Å². The Bertz CT molecular complexity index is 1050. The molecule has 2 heterocycles. The summed E-state index contributed by atoms with van der Waals surface area (Å²) in [6.45, 7) is 4.13. The number of nitrogens with zero attached hydrogens (tertiary/aromatic N) is 2. The van der Waals surface area contributed by atoms with E-state index in [1.54, 1.807) is 4.31 Å². The summed E-state index contributed by atoms with van der Waals surface area (Å²) < 4.78 is 32.2. The summed E-state index contributed by atoms with van der Waals surface area (Å²) in [6.07, 6.45) is 4.14. The van der Waals surface area contributed by atoms with E-state index in [4.69, 9.17) is 4.74 Å². The van der Waals surface area contributed by atoms with Crippen LogP contribution in [0.3, 0.4) is 0 Å². The first-order chi connectivity index (χ1) is 15.3. The minimum Gasteiger partial charge on any atom is -0.375 e. The van der Waals surface area contributed by atoms with Crippen LogP contribution in [0.4, 0.5) is 0 Å². The molecule has 2 aromatic carbocycles. The standard InChI is InChI=1S/C25H32N2O4S/c1-3-27(32(2,29)30)21-13-18-31-25(19-21)14-16-26(17-15-25)24(28)23-12-8-7-11-22(23)20-9-5-4-6-10-20/h4-12,21H,3,13-19H2,1-2H3/t21-/m0/s1. The zero-order valence-electron chi connectivity index (χ0n) is 18.9. The monoisotopic (exact) mass is 456 g/mol. The van der Waals surface area contributed by atoms with Crippen molar-refractivity contribution in [2.24, 2.45) is 0 Å². The molecular formula is C25H32N2O4S. The molecule has 2 aliphatic rings. The number of hydrogen-bond acceptors (Lipinski definition) is 4. The molecule has 1 atom stereocenters. The molecule has 7 heteroatoms. The number of carbonyl (C=O) groups is 1. The van der Waals surface area contributed by atoms with E-state index in [-0.39, 0.29) is 17.6 Å². The Labute approximate surface area is 191 Å². The molecular weight excluding hydrogens is 424 g/mol. The van der Waals surface area contributed by atoms with Crippen molar-refractivity contribution in [3.8, 4) is 11.1 Å². The van der Waals surface area contributed by atoms with Gasteiger partial charge in [-0.15, -0.1) is 0 Å². The second kappa shape index (κ2) is 9.33. The fraction of sp³-hybridized carbons (Fsp3) is 0.480. The molecule has 0 unspecified atom stereocenters. The molecule has 32 heavy (non-hydrogen) atoms. The van der Waals surface area contributed by atoms with Crippen LogP contribution in [0.2, 0.25) is 0 Å². The van der Waals surface area contributed by atoms with Crippen LogP contribution in [0.1, 0.15) is 43.0 Å². The van der Waals surface area contributed by atoms with Crippen molar-refractivity contribution in [3.05, 3.63) is 60.2 Å². The molecule has 0 aromatic heterocycles. The van der Waals surface area contributed by atoms with Gasteiger partial charge in [-0.25, -0.2) is 8.42 Å². The Morgan fingerprint density at radius 3 is 2.41 bits per heavy atom. The largest absolute Gasteiger partial charge is 0.375 e. The third-order valence-electron chi connectivity index (χ3n) is 6.82. The predicted octanol–water partition coefficient (Wildman–Crippen LogP) is 3.79. The minimum absolute atomic E-state index is 0.0372. The second-order valence-electron chi connectivity index (χ2n) is 8.85. The van der Waals surface area contributed by atoms with Crippen molar-refractivity contribution in [2.75, 3.05) is 32.5 Å². The predicted molar refractivity (Wildman–Crippen MR) is 126 cm³/mol. The summed E-state index contributed by atoms with van der Waals surface area (Å²) in [4.78, 5) is 15.3. The van der Waals surface area contributed by atoms with E-state index in [2.05, 4.69) is 0 Å². The van der Waals surface area contributed by atoms with Gasteiger partial charge < -0.3 is 9.64 Å². The molecule has 0 saturated carbocycles. The van der Waals surface area contributed by atoms with Gasteiger partial charge in [-0.3, -0.25) is 4.79 Å². The molecule has 6 nitrogen and oxygen atoms in total. The Morgan fingerprint density at radius 2 is 1.75 bits per heavy atom. The van der Waals surface area contributed by atoms with E-state index in [1.807, 2.05) is 66.4 Å². The fourth-order valence-corrected chi connectivity index (χ4v) is 6.38. The van der Waals surface area contributed by atoms with E-state index in [0.29, 0.717) is 38.2 Å². The zero-order valence-corrected chi connectivity index (χ0v) is 19.7. The van der Waals surface area contributed by atoms with Gasteiger partial charge in [0.15, 0.2) is 0 Å². The molecule has 2 aliphatic heterocycles. The molecule has 0 bridgehead atoms. The van der Waals surface area contributed by atoms with E-state index in [9.17, 15) is 13.2 Å². The van der Waals surface area contributed by atoms with Gasteiger partial charge in [0, 0.05) is 37.8 Å². The molecule has 172 valence electrons. The van der Waals surface area contributed by atoms with Gasteiger partial charge in [0.1, 0.15) is 0 Å². The van der Waals surface area contributed by atoms with Gasteiger partial charge in [0.25, 0.3) is 5.91 Å². The van der Waals surface area contributed by atoms with Crippen LogP contribution in [0.15, 0.2) is 54.6 Å². The minimum atomic E-state index is -3.25. The zero-order chi connectivity index (χ0) is 22.8. The quantitative estimate of drug-likeness (QED) is 0.687. The summed E-state index contributed by atoms with van der Waals surface area (Å²) in [5.74, 6) is 0.0398. The van der Waals surface area contributed by atoms with Gasteiger partial charge in [0.05, 0.1) is 11.9 Å². The fourth-order valence-electron chi connectivity index (χ4n) is 5.19. The number of piperidine rings is 1. The Kier molecular flexibility index (Phi) is 6.70. The highest BCUT2D eigenvalue weighted by Crippen LogP contribution is 2.38. The van der Waals surface area contributed by atoms with Crippen molar-refractivity contribution in [1.29, 1.82) is 0 Å². The van der Waals surface area contributed by atoms with Gasteiger partial charge in [0.2, 0.25) is 10.0 Å². The van der Waals surface area contributed by atoms with E-state index < -0.39 is 10.0 Å². The average Bonchev–Trinajstić information content (AvgIpc) is 2.79. The summed E-state index contributed by atoms with van der Waals surface area (Å²) in [6, 6.07) is 17.7. The molecule has 0 aliphatic carbocycles. The number of ether oxygens (including phenoxy) is 1. The highest BCUT2D eigenvalue weighted by Gasteiger charge is 2.44.